The van der Waals surface area contributed by atoms with Gasteiger partial charge in [-0.25, -0.2) is 0 Å². The summed E-state index contributed by atoms with van der Waals surface area (Å²) in [6.07, 6.45) is 4.44. The minimum Gasteiger partial charge on any atom is -0.472 e. The van der Waals surface area contributed by atoms with Crippen molar-refractivity contribution in [2.75, 3.05) is 6.54 Å². The summed E-state index contributed by atoms with van der Waals surface area (Å²) in [6.45, 7) is 4.97. The highest BCUT2D eigenvalue weighted by Gasteiger charge is 2.32. The summed E-state index contributed by atoms with van der Waals surface area (Å²) < 4.78 is 5.02. The van der Waals surface area contributed by atoms with Gasteiger partial charge in [0.2, 0.25) is 11.8 Å². The van der Waals surface area contributed by atoms with Gasteiger partial charge in [-0.05, 0) is 12.0 Å². The molecule has 0 radical (unpaired) electrons. The lowest BCUT2D eigenvalue weighted by molar-refractivity contribution is -0.135. The molecule has 1 aliphatic heterocycles. The van der Waals surface area contributed by atoms with Gasteiger partial charge < -0.3 is 14.6 Å². The quantitative estimate of drug-likeness (QED) is 0.897. The molecular formula is C14H20N2O3. The Bertz CT molecular complexity index is 442. The molecule has 2 atom stereocenters. The highest BCUT2D eigenvalue weighted by molar-refractivity contribution is 5.90. The first-order valence-electron chi connectivity index (χ1n) is 6.71. The Kier molecular flexibility index (Phi) is 4.24. The van der Waals surface area contributed by atoms with Gasteiger partial charge in [0.1, 0.15) is 6.04 Å². The summed E-state index contributed by atoms with van der Waals surface area (Å²) in [4.78, 5) is 25.9. The zero-order chi connectivity index (χ0) is 13.8. The average Bonchev–Trinajstić information content (AvgIpc) is 2.87. The molecule has 5 heteroatoms. The van der Waals surface area contributed by atoms with Crippen molar-refractivity contribution in [1.29, 1.82) is 0 Å². The number of nitrogens with one attached hydrogen (secondary N) is 1. The van der Waals surface area contributed by atoms with Crippen LogP contribution in [0, 0.1) is 5.92 Å². The molecule has 2 unspecified atom stereocenters. The largest absolute Gasteiger partial charge is 0.472 e. The van der Waals surface area contributed by atoms with E-state index in [2.05, 4.69) is 5.32 Å². The molecule has 2 rings (SSSR count). The molecule has 0 spiro atoms. The molecule has 19 heavy (non-hydrogen) atoms. The van der Waals surface area contributed by atoms with Crippen LogP contribution in [0.4, 0.5) is 0 Å². The van der Waals surface area contributed by atoms with Gasteiger partial charge in [0.25, 0.3) is 0 Å². The van der Waals surface area contributed by atoms with Gasteiger partial charge in [-0.15, -0.1) is 0 Å². The van der Waals surface area contributed by atoms with E-state index in [1.807, 2.05) is 19.9 Å². The van der Waals surface area contributed by atoms with E-state index in [-0.39, 0.29) is 17.7 Å². The second-order valence-corrected chi connectivity index (χ2v) is 5.07. The predicted molar refractivity (Wildman–Crippen MR) is 70.1 cm³/mol. The molecule has 2 heterocycles. The predicted octanol–water partition coefficient (Wildman–Crippen LogP) is 1.54. The minimum absolute atomic E-state index is 0.00130. The molecule has 0 bridgehead atoms. The fourth-order valence-electron chi connectivity index (χ4n) is 2.23. The lowest BCUT2D eigenvalue weighted by Crippen LogP contribution is -2.48. The van der Waals surface area contributed by atoms with Gasteiger partial charge in [0, 0.05) is 25.1 Å². The van der Waals surface area contributed by atoms with E-state index in [1.165, 1.54) is 0 Å². The Labute approximate surface area is 113 Å². The van der Waals surface area contributed by atoms with Crippen LogP contribution in [-0.4, -0.2) is 29.3 Å². The third kappa shape index (κ3) is 3.16. The van der Waals surface area contributed by atoms with Gasteiger partial charge in [-0.3, -0.25) is 9.59 Å². The molecule has 104 valence electrons. The third-order valence-electron chi connectivity index (χ3n) is 3.67. The van der Waals surface area contributed by atoms with Crippen LogP contribution in [0.25, 0.3) is 0 Å². The fourth-order valence-corrected chi connectivity index (χ4v) is 2.23. The molecule has 0 saturated carbocycles. The molecule has 2 amide bonds. The number of hydrogen-bond donors (Lipinski definition) is 1. The van der Waals surface area contributed by atoms with E-state index in [0.29, 0.717) is 19.5 Å². The van der Waals surface area contributed by atoms with E-state index in [0.717, 1.165) is 12.0 Å². The minimum atomic E-state index is -0.410. The van der Waals surface area contributed by atoms with Crippen molar-refractivity contribution in [3.05, 3.63) is 24.2 Å². The van der Waals surface area contributed by atoms with Crippen molar-refractivity contribution in [3.63, 3.8) is 0 Å². The van der Waals surface area contributed by atoms with E-state index < -0.39 is 6.04 Å². The number of furan rings is 1. The number of amides is 2. The van der Waals surface area contributed by atoms with Crippen LogP contribution in [0.5, 0.6) is 0 Å². The van der Waals surface area contributed by atoms with Crippen LogP contribution in [0.1, 0.15) is 32.3 Å². The zero-order valence-corrected chi connectivity index (χ0v) is 11.4. The molecule has 1 saturated heterocycles. The van der Waals surface area contributed by atoms with Gasteiger partial charge in [0.15, 0.2) is 0 Å². The van der Waals surface area contributed by atoms with E-state index in [1.54, 1.807) is 17.4 Å². The van der Waals surface area contributed by atoms with Gasteiger partial charge in [-0.1, -0.05) is 20.3 Å². The van der Waals surface area contributed by atoms with Crippen molar-refractivity contribution in [1.82, 2.24) is 10.2 Å². The first-order valence-corrected chi connectivity index (χ1v) is 6.71. The third-order valence-corrected chi connectivity index (χ3v) is 3.67. The highest BCUT2D eigenvalue weighted by atomic mass is 16.3. The Balaban J connectivity index is 2.13. The summed E-state index contributed by atoms with van der Waals surface area (Å²) in [5.41, 5.74) is 0.950. The van der Waals surface area contributed by atoms with Crippen LogP contribution in [0.3, 0.4) is 0 Å². The second-order valence-electron chi connectivity index (χ2n) is 5.07. The Morgan fingerprint density at radius 3 is 2.95 bits per heavy atom. The molecule has 1 aromatic heterocycles. The first-order chi connectivity index (χ1) is 9.11. The van der Waals surface area contributed by atoms with Gasteiger partial charge >= 0.3 is 0 Å². The summed E-state index contributed by atoms with van der Waals surface area (Å²) in [5, 5.41) is 2.84. The van der Waals surface area contributed by atoms with E-state index >= 15 is 0 Å². The molecule has 5 nitrogen and oxygen atoms in total. The monoisotopic (exact) mass is 264 g/mol. The van der Waals surface area contributed by atoms with E-state index in [9.17, 15) is 9.59 Å². The van der Waals surface area contributed by atoms with Crippen molar-refractivity contribution in [3.8, 4) is 0 Å². The molecule has 0 aliphatic carbocycles. The van der Waals surface area contributed by atoms with E-state index in [4.69, 9.17) is 4.42 Å². The van der Waals surface area contributed by atoms with Crippen LogP contribution in [0.2, 0.25) is 0 Å². The van der Waals surface area contributed by atoms with Crippen LogP contribution >= 0.6 is 0 Å². The van der Waals surface area contributed by atoms with Crippen LogP contribution in [-0.2, 0) is 16.1 Å². The lowest BCUT2D eigenvalue weighted by Gasteiger charge is -2.26. The van der Waals surface area contributed by atoms with Crippen molar-refractivity contribution in [2.24, 2.45) is 5.92 Å². The summed E-state index contributed by atoms with van der Waals surface area (Å²) in [5.74, 6) is 0.0937. The number of carbonyl (C=O) groups excluding carboxylic acids is 2. The summed E-state index contributed by atoms with van der Waals surface area (Å²) in [7, 11) is 0. The normalized spacial score (nSPS) is 22.0. The highest BCUT2D eigenvalue weighted by Crippen LogP contribution is 2.16. The summed E-state index contributed by atoms with van der Waals surface area (Å²) in [6, 6.07) is 1.43. The van der Waals surface area contributed by atoms with Crippen LogP contribution in [0.15, 0.2) is 23.0 Å². The SMILES string of the molecule is CCC(C)C1NC(=O)CCN(Cc2ccoc2)C1=O. The molecule has 1 aliphatic rings. The molecule has 0 aromatic carbocycles. The van der Waals surface area contributed by atoms with Crippen molar-refractivity contribution in [2.45, 2.75) is 39.3 Å². The Morgan fingerprint density at radius 1 is 1.53 bits per heavy atom. The topological polar surface area (TPSA) is 62.6 Å². The Hall–Kier alpha value is -1.78. The maximum absolute atomic E-state index is 12.5. The number of rotatable bonds is 4. The maximum Gasteiger partial charge on any atom is 0.245 e. The molecular weight excluding hydrogens is 244 g/mol. The van der Waals surface area contributed by atoms with Crippen LogP contribution < -0.4 is 5.32 Å². The maximum atomic E-state index is 12.5. The first kappa shape index (κ1) is 13.6. The van der Waals surface area contributed by atoms with Crippen molar-refractivity contribution < 1.29 is 14.0 Å². The summed E-state index contributed by atoms with van der Waals surface area (Å²) >= 11 is 0. The Morgan fingerprint density at radius 2 is 2.32 bits per heavy atom. The number of nitrogens with zero attached hydrogens (tertiary/aromatic N) is 1. The average molecular weight is 264 g/mol. The molecule has 1 N–H and O–H groups in total. The van der Waals surface area contributed by atoms with Gasteiger partial charge in [-0.2, -0.15) is 0 Å². The fraction of sp³-hybridized carbons (Fsp3) is 0.571. The smallest absolute Gasteiger partial charge is 0.245 e. The number of hydrogen-bond acceptors (Lipinski definition) is 3. The second kappa shape index (κ2) is 5.91. The van der Waals surface area contributed by atoms with Crippen molar-refractivity contribution >= 4 is 11.8 Å². The molecule has 1 aromatic rings. The van der Waals surface area contributed by atoms with Gasteiger partial charge in [0.05, 0.1) is 12.5 Å². The lowest BCUT2D eigenvalue weighted by atomic mass is 9.98. The molecule has 1 fully saturated rings. The number of carbonyl (C=O) groups is 2. The standard InChI is InChI=1S/C14H20N2O3/c1-3-10(2)13-14(18)16(6-4-12(17)15-13)8-11-5-7-19-9-11/h5,7,9-10,13H,3-4,6,8H2,1-2H3,(H,15,17). The zero-order valence-electron chi connectivity index (χ0n) is 11.4.